The molecular weight excluding hydrogens is 236 g/mol. The van der Waals surface area contributed by atoms with Gasteiger partial charge in [0.25, 0.3) is 0 Å². The molecule has 2 rings (SSSR count). The molecule has 0 spiro atoms. The maximum Gasteiger partial charge on any atom is 0.222 e. The van der Waals surface area contributed by atoms with Gasteiger partial charge in [0.2, 0.25) is 5.91 Å². The number of benzene rings is 1. The summed E-state index contributed by atoms with van der Waals surface area (Å²) in [4.78, 5) is 14.3. The maximum atomic E-state index is 10.5. The van der Waals surface area contributed by atoms with E-state index in [0.717, 1.165) is 0 Å². The average molecular weight is 258 g/mol. The van der Waals surface area contributed by atoms with Crippen molar-refractivity contribution in [3.8, 4) is 0 Å². The fourth-order valence-corrected chi connectivity index (χ4v) is 1.15. The number of pyridine rings is 1. The molecule has 0 saturated carbocycles. The Balaban J connectivity index is 0.000000316. The lowest BCUT2D eigenvalue weighted by atomic mass is 10.2. The molecule has 0 fully saturated rings. The van der Waals surface area contributed by atoms with Crippen LogP contribution in [0.4, 0.5) is 5.82 Å². The van der Waals surface area contributed by atoms with Crippen molar-refractivity contribution >= 4 is 11.7 Å². The molecule has 3 nitrogen and oxygen atoms in total. The number of hydrogen-bond donors (Lipinski definition) is 1. The van der Waals surface area contributed by atoms with Crippen LogP contribution < -0.4 is 5.32 Å². The van der Waals surface area contributed by atoms with Crippen molar-refractivity contribution < 1.29 is 4.79 Å². The Morgan fingerprint density at radius 1 is 1.00 bits per heavy atom. The van der Waals surface area contributed by atoms with Gasteiger partial charge in [0, 0.05) is 13.1 Å². The van der Waals surface area contributed by atoms with Crippen molar-refractivity contribution in [2.75, 3.05) is 5.32 Å². The summed E-state index contributed by atoms with van der Waals surface area (Å²) in [7, 11) is 0. The summed E-state index contributed by atoms with van der Waals surface area (Å²) >= 11 is 0. The van der Waals surface area contributed by atoms with Gasteiger partial charge in [0.15, 0.2) is 0 Å². The van der Waals surface area contributed by atoms with Crippen molar-refractivity contribution in [3.63, 3.8) is 0 Å². The summed E-state index contributed by atoms with van der Waals surface area (Å²) in [6, 6.07) is 15.6. The lowest BCUT2D eigenvalue weighted by Crippen LogP contribution is -2.06. The van der Waals surface area contributed by atoms with Gasteiger partial charge in [-0.25, -0.2) is 4.98 Å². The van der Waals surface area contributed by atoms with Gasteiger partial charge in [0.05, 0.1) is 0 Å². The van der Waals surface area contributed by atoms with Crippen LogP contribution in [0.3, 0.4) is 0 Å². The molecule has 102 valence electrons. The normalized spacial score (nSPS) is 8.21. The molecule has 1 N–H and O–H groups in total. The monoisotopic (exact) mass is 258 g/mol. The molecule has 0 aliphatic heterocycles. The molecule has 0 aliphatic carbocycles. The van der Waals surface area contributed by atoms with Gasteiger partial charge in [0.1, 0.15) is 5.82 Å². The number of rotatable bonds is 1. The number of nitrogens with one attached hydrogen (secondary N) is 1. The van der Waals surface area contributed by atoms with Gasteiger partial charge in [-0.1, -0.05) is 55.8 Å². The van der Waals surface area contributed by atoms with Gasteiger partial charge in [-0.3, -0.25) is 4.79 Å². The van der Waals surface area contributed by atoms with Gasteiger partial charge in [-0.15, -0.1) is 0 Å². The maximum absolute atomic E-state index is 10.5. The number of anilines is 1. The zero-order valence-electron chi connectivity index (χ0n) is 12.1. The molecule has 3 heteroatoms. The molecule has 1 heterocycles. The van der Waals surface area contributed by atoms with Crippen LogP contribution >= 0.6 is 0 Å². The number of aryl methyl sites for hydroxylation is 1. The van der Waals surface area contributed by atoms with E-state index < -0.39 is 0 Å². The summed E-state index contributed by atoms with van der Waals surface area (Å²) in [6.07, 6.45) is 1.63. The standard InChI is InChI=1S/C7H8N2O.C7H8.C2H6/c1-6(10)9-7-4-2-3-5-8-7;1-7-5-3-2-4-6-7;1-2/h2-5H,1H3,(H,8,9,10);2-6H,1H3;1-2H3. The molecular formula is C16H22N2O. The minimum absolute atomic E-state index is 0.0984. The highest BCUT2D eigenvalue weighted by atomic mass is 16.1. The first-order chi connectivity index (χ1) is 9.18. The molecule has 1 amide bonds. The fourth-order valence-electron chi connectivity index (χ4n) is 1.15. The molecule has 0 aliphatic rings. The number of amides is 1. The summed E-state index contributed by atoms with van der Waals surface area (Å²) < 4.78 is 0. The third kappa shape index (κ3) is 9.53. The van der Waals surface area contributed by atoms with E-state index in [4.69, 9.17) is 0 Å². The van der Waals surface area contributed by atoms with Crippen LogP contribution in [0, 0.1) is 6.92 Å². The Morgan fingerprint density at radius 3 is 1.95 bits per heavy atom. The molecule has 19 heavy (non-hydrogen) atoms. The van der Waals surface area contributed by atoms with Gasteiger partial charge in [-0.2, -0.15) is 0 Å². The smallest absolute Gasteiger partial charge is 0.222 e. The number of nitrogens with zero attached hydrogens (tertiary/aromatic N) is 1. The third-order valence-electron chi connectivity index (χ3n) is 1.91. The SMILES string of the molecule is CC.CC(=O)Nc1ccccn1.Cc1ccccc1. The van der Waals surface area contributed by atoms with E-state index in [1.807, 2.05) is 38.1 Å². The second-order valence-corrected chi connectivity index (χ2v) is 3.55. The second-order valence-electron chi connectivity index (χ2n) is 3.55. The van der Waals surface area contributed by atoms with E-state index >= 15 is 0 Å². The van der Waals surface area contributed by atoms with Crippen molar-refractivity contribution in [1.82, 2.24) is 4.98 Å². The quantitative estimate of drug-likeness (QED) is 0.838. The van der Waals surface area contributed by atoms with E-state index in [0.29, 0.717) is 5.82 Å². The lowest BCUT2D eigenvalue weighted by Gasteiger charge is -1.96. The number of hydrogen-bond acceptors (Lipinski definition) is 2. The summed E-state index contributed by atoms with van der Waals surface area (Å²) in [5, 5.41) is 2.55. The highest BCUT2D eigenvalue weighted by molar-refractivity contribution is 5.87. The zero-order chi connectivity index (χ0) is 14.5. The highest BCUT2D eigenvalue weighted by Crippen LogP contribution is 1.98. The van der Waals surface area contributed by atoms with Gasteiger partial charge >= 0.3 is 0 Å². The minimum atomic E-state index is -0.0984. The molecule has 2 aromatic rings. The van der Waals surface area contributed by atoms with Gasteiger partial charge < -0.3 is 5.32 Å². The number of aromatic nitrogens is 1. The van der Waals surface area contributed by atoms with E-state index in [-0.39, 0.29) is 5.91 Å². The molecule has 0 atom stereocenters. The second kappa shape index (κ2) is 11.0. The molecule has 0 bridgehead atoms. The largest absolute Gasteiger partial charge is 0.311 e. The minimum Gasteiger partial charge on any atom is -0.311 e. The average Bonchev–Trinajstić information content (AvgIpc) is 2.43. The summed E-state index contributed by atoms with van der Waals surface area (Å²) in [6.45, 7) is 7.54. The predicted octanol–water partition coefficient (Wildman–Crippen LogP) is 4.06. The Bertz CT molecular complexity index is 441. The number of carbonyl (C=O) groups is 1. The molecule has 1 aromatic heterocycles. The van der Waals surface area contributed by atoms with Crippen molar-refractivity contribution in [1.29, 1.82) is 0 Å². The third-order valence-corrected chi connectivity index (χ3v) is 1.91. The van der Waals surface area contributed by atoms with Crippen molar-refractivity contribution in [2.24, 2.45) is 0 Å². The fraction of sp³-hybridized carbons (Fsp3) is 0.250. The predicted molar refractivity (Wildman–Crippen MR) is 81.1 cm³/mol. The highest BCUT2D eigenvalue weighted by Gasteiger charge is 1.91. The van der Waals surface area contributed by atoms with Crippen LogP contribution in [0.1, 0.15) is 26.3 Å². The van der Waals surface area contributed by atoms with Crippen LogP contribution in [-0.2, 0) is 4.79 Å². The number of carbonyl (C=O) groups excluding carboxylic acids is 1. The van der Waals surface area contributed by atoms with Crippen LogP contribution in [0.5, 0.6) is 0 Å². The van der Waals surface area contributed by atoms with Crippen molar-refractivity contribution in [2.45, 2.75) is 27.7 Å². The molecule has 0 unspecified atom stereocenters. The van der Waals surface area contributed by atoms with E-state index in [1.165, 1.54) is 12.5 Å². The lowest BCUT2D eigenvalue weighted by molar-refractivity contribution is -0.114. The van der Waals surface area contributed by atoms with Crippen LogP contribution in [-0.4, -0.2) is 10.9 Å². The Hall–Kier alpha value is -2.16. The van der Waals surface area contributed by atoms with Crippen LogP contribution in [0.2, 0.25) is 0 Å². The van der Waals surface area contributed by atoms with Crippen LogP contribution in [0.15, 0.2) is 54.7 Å². The van der Waals surface area contributed by atoms with E-state index in [2.05, 4.69) is 29.4 Å². The topological polar surface area (TPSA) is 42.0 Å². The van der Waals surface area contributed by atoms with E-state index in [9.17, 15) is 4.79 Å². The zero-order valence-corrected chi connectivity index (χ0v) is 12.1. The molecule has 0 saturated heterocycles. The molecule has 0 radical (unpaired) electrons. The Morgan fingerprint density at radius 2 is 1.58 bits per heavy atom. The Kier molecular flexibility index (Phi) is 9.71. The summed E-state index contributed by atoms with van der Waals surface area (Å²) in [5.74, 6) is 0.494. The van der Waals surface area contributed by atoms with Crippen molar-refractivity contribution in [3.05, 3.63) is 60.3 Å². The van der Waals surface area contributed by atoms with Crippen LogP contribution in [0.25, 0.3) is 0 Å². The Labute approximate surface area is 115 Å². The first-order valence-corrected chi connectivity index (χ1v) is 6.39. The first kappa shape index (κ1) is 16.8. The molecule has 1 aromatic carbocycles. The van der Waals surface area contributed by atoms with E-state index in [1.54, 1.807) is 18.3 Å². The van der Waals surface area contributed by atoms with Gasteiger partial charge in [-0.05, 0) is 19.1 Å². The summed E-state index contributed by atoms with van der Waals surface area (Å²) in [5.41, 5.74) is 1.32. The first-order valence-electron chi connectivity index (χ1n) is 6.39.